The number of nitro groups is 1. The maximum atomic E-state index is 12.5. The van der Waals surface area contributed by atoms with Crippen molar-refractivity contribution in [3.8, 4) is 11.5 Å². The predicted octanol–water partition coefficient (Wildman–Crippen LogP) is 4.44. The minimum atomic E-state index is -4.59. The summed E-state index contributed by atoms with van der Waals surface area (Å²) in [5.41, 5.74) is 0.484. The monoisotopic (exact) mass is 461 g/mol. The van der Waals surface area contributed by atoms with Gasteiger partial charge in [-0.25, -0.2) is 0 Å². The van der Waals surface area contributed by atoms with E-state index in [0.717, 1.165) is 23.9 Å². The molecule has 1 amide bonds. The first-order chi connectivity index (χ1) is 15.7. The van der Waals surface area contributed by atoms with Gasteiger partial charge < -0.3 is 14.8 Å². The summed E-state index contributed by atoms with van der Waals surface area (Å²) in [7, 11) is 0. The van der Waals surface area contributed by atoms with E-state index in [1.807, 2.05) is 12.1 Å². The molecule has 1 aromatic heterocycles. The van der Waals surface area contributed by atoms with Crippen LogP contribution in [0.25, 0.3) is 0 Å². The van der Waals surface area contributed by atoms with Gasteiger partial charge in [-0.15, -0.1) is 0 Å². The number of alkyl halides is 3. The zero-order chi connectivity index (χ0) is 23.8. The third kappa shape index (κ3) is 7.20. The van der Waals surface area contributed by atoms with Crippen LogP contribution in [0.3, 0.4) is 0 Å². The van der Waals surface area contributed by atoms with Crippen LogP contribution in [0.2, 0.25) is 0 Å². The first kappa shape index (κ1) is 23.5. The molecule has 0 saturated carbocycles. The number of nitro benzene ring substituents is 1. The summed E-state index contributed by atoms with van der Waals surface area (Å²) in [4.78, 5) is 27.1. The van der Waals surface area contributed by atoms with Crippen LogP contribution in [0.15, 0.2) is 66.9 Å². The van der Waals surface area contributed by atoms with Crippen LogP contribution in [0, 0.1) is 10.1 Å². The van der Waals surface area contributed by atoms with Gasteiger partial charge in [-0.05, 0) is 42.0 Å². The first-order valence-corrected chi connectivity index (χ1v) is 9.59. The Hall–Kier alpha value is -4.15. The molecule has 0 unspecified atom stereocenters. The fourth-order valence-electron chi connectivity index (χ4n) is 2.73. The Balaban J connectivity index is 1.61. The number of hydrogen-bond acceptors (Lipinski definition) is 6. The number of carbonyl (C=O) groups is 1. The number of hydrogen-bond donors (Lipinski definition) is 1. The number of pyridine rings is 1. The minimum absolute atomic E-state index is 0.0319. The van der Waals surface area contributed by atoms with E-state index in [2.05, 4.69) is 15.0 Å². The first-order valence-electron chi connectivity index (χ1n) is 9.59. The second kappa shape index (κ2) is 10.4. The van der Waals surface area contributed by atoms with Gasteiger partial charge in [-0.3, -0.25) is 19.9 Å². The summed E-state index contributed by atoms with van der Waals surface area (Å²) < 4.78 is 47.3. The van der Waals surface area contributed by atoms with Crippen molar-refractivity contribution in [2.45, 2.75) is 19.3 Å². The Labute approximate surface area is 186 Å². The number of aromatic nitrogens is 1. The highest BCUT2D eigenvalue weighted by Gasteiger charge is 2.29. The van der Waals surface area contributed by atoms with Crippen molar-refractivity contribution in [3.63, 3.8) is 0 Å². The largest absolute Gasteiger partial charge is 0.487 e. The molecule has 0 aliphatic carbocycles. The SMILES string of the molecule is O=C(NCc1ccc(OCc2ccccn2)cc1)c1cc(OCC(F)(F)F)ccc1[N+](=O)[O-]. The average molecular weight is 461 g/mol. The van der Waals surface area contributed by atoms with Gasteiger partial charge in [0.15, 0.2) is 6.61 Å². The summed E-state index contributed by atoms with van der Waals surface area (Å²) in [6.07, 6.45) is -2.93. The Morgan fingerprint density at radius 3 is 2.39 bits per heavy atom. The molecule has 33 heavy (non-hydrogen) atoms. The fraction of sp³-hybridized carbons (Fsp3) is 0.182. The van der Waals surface area contributed by atoms with Crippen molar-refractivity contribution >= 4 is 11.6 Å². The van der Waals surface area contributed by atoms with Gasteiger partial charge in [0.05, 0.1) is 10.6 Å². The predicted molar refractivity (Wildman–Crippen MR) is 111 cm³/mol. The number of rotatable bonds is 9. The summed E-state index contributed by atoms with van der Waals surface area (Å²) in [6.45, 7) is -1.27. The third-order valence-electron chi connectivity index (χ3n) is 4.30. The lowest BCUT2D eigenvalue weighted by atomic mass is 10.1. The van der Waals surface area contributed by atoms with Gasteiger partial charge in [0.2, 0.25) is 0 Å². The number of carbonyl (C=O) groups excluding carboxylic acids is 1. The fourth-order valence-corrected chi connectivity index (χ4v) is 2.73. The zero-order valence-corrected chi connectivity index (χ0v) is 17.0. The molecule has 0 bridgehead atoms. The maximum Gasteiger partial charge on any atom is 0.422 e. The van der Waals surface area contributed by atoms with Gasteiger partial charge in [-0.1, -0.05) is 18.2 Å². The molecule has 0 aliphatic rings. The highest BCUT2D eigenvalue weighted by atomic mass is 19.4. The lowest BCUT2D eigenvalue weighted by Crippen LogP contribution is -2.24. The maximum absolute atomic E-state index is 12.5. The van der Waals surface area contributed by atoms with Gasteiger partial charge in [0.1, 0.15) is 23.7 Å². The molecule has 1 heterocycles. The van der Waals surface area contributed by atoms with Gasteiger partial charge in [-0.2, -0.15) is 13.2 Å². The topological polar surface area (TPSA) is 104 Å². The highest BCUT2D eigenvalue weighted by molar-refractivity contribution is 5.98. The van der Waals surface area contributed by atoms with E-state index in [0.29, 0.717) is 11.3 Å². The number of nitrogens with one attached hydrogen (secondary N) is 1. The van der Waals surface area contributed by atoms with Crippen molar-refractivity contribution in [1.82, 2.24) is 10.3 Å². The third-order valence-corrected chi connectivity index (χ3v) is 4.30. The van der Waals surface area contributed by atoms with Crippen molar-refractivity contribution < 1.29 is 32.4 Å². The number of amides is 1. The summed E-state index contributed by atoms with van der Waals surface area (Å²) in [6, 6.07) is 15.1. The molecule has 2 aromatic carbocycles. The van der Waals surface area contributed by atoms with Crippen LogP contribution in [0.1, 0.15) is 21.6 Å². The Morgan fingerprint density at radius 2 is 1.76 bits per heavy atom. The van der Waals surface area contributed by atoms with E-state index in [9.17, 15) is 28.1 Å². The van der Waals surface area contributed by atoms with Crippen LogP contribution < -0.4 is 14.8 Å². The second-order valence-corrected chi connectivity index (χ2v) is 6.78. The van der Waals surface area contributed by atoms with E-state index < -0.39 is 34.9 Å². The molecule has 1 N–H and O–H groups in total. The van der Waals surface area contributed by atoms with E-state index in [1.54, 1.807) is 36.5 Å². The van der Waals surface area contributed by atoms with Gasteiger partial charge in [0, 0.05) is 18.8 Å². The Morgan fingerprint density at radius 1 is 1.03 bits per heavy atom. The van der Waals surface area contributed by atoms with Gasteiger partial charge in [0.25, 0.3) is 11.6 Å². The van der Waals surface area contributed by atoms with E-state index in [-0.39, 0.29) is 18.9 Å². The minimum Gasteiger partial charge on any atom is -0.487 e. The molecule has 0 fully saturated rings. The molecule has 0 atom stereocenters. The number of ether oxygens (including phenoxy) is 2. The van der Waals surface area contributed by atoms with Crippen molar-refractivity contribution in [2.24, 2.45) is 0 Å². The second-order valence-electron chi connectivity index (χ2n) is 6.78. The summed E-state index contributed by atoms with van der Waals surface area (Å²) in [5, 5.41) is 13.7. The molecule has 0 aliphatic heterocycles. The standard InChI is InChI=1S/C22H18F3N3O5/c23-22(24,25)14-33-18-8-9-20(28(30)31)19(11-18)21(29)27-12-15-4-6-17(7-5-15)32-13-16-3-1-2-10-26-16/h1-11H,12-14H2,(H,27,29). The molecule has 0 radical (unpaired) electrons. The van der Waals surface area contributed by atoms with Crippen LogP contribution in [-0.4, -0.2) is 28.6 Å². The van der Waals surface area contributed by atoms with Crippen molar-refractivity contribution in [2.75, 3.05) is 6.61 Å². The quantitative estimate of drug-likeness (QED) is 0.373. The molecular formula is C22H18F3N3O5. The Kier molecular flexibility index (Phi) is 7.44. The van der Waals surface area contributed by atoms with Crippen LogP contribution in [0.4, 0.5) is 18.9 Å². The summed E-state index contributed by atoms with van der Waals surface area (Å²) in [5.74, 6) is -0.548. The van der Waals surface area contributed by atoms with Crippen molar-refractivity contribution in [1.29, 1.82) is 0 Å². The molecule has 3 rings (SSSR count). The van der Waals surface area contributed by atoms with E-state index in [4.69, 9.17) is 4.74 Å². The van der Waals surface area contributed by atoms with E-state index >= 15 is 0 Å². The van der Waals surface area contributed by atoms with Crippen molar-refractivity contribution in [3.05, 3.63) is 93.8 Å². The zero-order valence-electron chi connectivity index (χ0n) is 17.0. The van der Waals surface area contributed by atoms with Crippen LogP contribution >= 0.6 is 0 Å². The van der Waals surface area contributed by atoms with Crippen LogP contribution in [-0.2, 0) is 13.2 Å². The number of nitrogens with zero attached hydrogens (tertiary/aromatic N) is 2. The lowest BCUT2D eigenvalue weighted by Gasteiger charge is -2.11. The molecular weight excluding hydrogens is 443 g/mol. The molecule has 11 heteroatoms. The summed E-state index contributed by atoms with van der Waals surface area (Å²) >= 11 is 0. The van der Waals surface area contributed by atoms with Gasteiger partial charge >= 0.3 is 6.18 Å². The molecule has 3 aromatic rings. The highest BCUT2D eigenvalue weighted by Crippen LogP contribution is 2.26. The lowest BCUT2D eigenvalue weighted by molar-refractivity contribution is -0.385. The Bertz CT molecular complexity index is 1110. The number of halogens is 3. The number of benzene rings is 2. The normalized spacial score (nSPS) is 11.0. The van der Waals surface area contributed by atoms with Crippen LogP contribution in [0.5, 0.6) is 11.5 Å². The molecule has 172 valence electrons. The van der Waals surface area contributed by atoms with E-state index in [1.165, 1.54) is 0 Å². The molecule has 8 nitrogen and oxygen atoms in total. The molecule has 0 spiro atoms. The molecule has 0 saturated heterocycles. The smallest absolute Gasteiger partial charge is 0.422 e. The average Bonchev–Trinajstić information content (AvgIpc) is 2.80.